The average Bonchev–Trinajstić information content (AvgIpc) is 2.58. The number of hydrogen-bond acceptors (Lipinski definition) is 5. The van der Waals surface area contributed by atoms with Gasteiger partial charge in [0.1, 0.15) is 10.7 Å². The molecular weight excluding hydrogens is 236 g/mol. The second-order valence-corrected chi connectivity index (χ2v) is 4.76. The molecule has 0 atom stereocenters. The van der Waals surface area contributed by atoms with Crippen molar-refractivity contribution in [1.29, 1.82) is 0 Å². The Morgan fingerprint density at radius 3 is 2.69 bits per heavy atom. The number of nitrogens with two attached hydrogens (primary N) is 1. The summed E-state index contributed by atoms with van der Waals surface area (Å²) in [6.07, 6.45) is 0. The molecule has 0 bridgehead atoms. The molecule has 0 unspecified atom stereocenters. The molecule has 0 saturated heterocycles. The maximum Gasteiger partial charge on any atom is 0.371 e. The molecule has 0 amide bonds. The van der Waals surface area contributed by atoms with E-state index in [9.17, 15) is 13.2 Å². The second-order valence-electron chi connectivity index (χ2n) is 3.02. The fourth-order valence-electron chi connectivity index (χ4n) is 1.11. The van der Waals surface area contributed by atoms with Gasteiger partial charge in [0.25, 0.3) is 0 Å². The molecule has 1 aromatic heterocycles. The number of aryl methyl sites for hydroxylation is 1. The SMILES string of the molecule is Cc1oc(C(=O)O)cc1S(=O)(=O)NCCN. The Hall–Kier alpha value is -1.38. The number of rotatable bonds is 5. The summed E-state index contributed by atoms with van der Waals surface area (Å²) in [6.45, 7) is 1.61. The monoisotopic (exact) mass is 248 g/mol. The topological polar surface area (TPSA) is 123 Å². The third-order valence-electron chi connectivity index (χ3n) is 1.81. The summed E-state index contributed by atoms with van der Waals surface area (Å²) in [4.78, 5) is 10.4. The van der Waals surface area contributed by atoms with E-state index in [1.807, 2.05) is 0 Å². The highest BCUT2D eigenvalue weighted by molar-refractivity contribution is 7.89. The predicted octanol–water partition coefficient (Wildman–Crippen LogP) is -0.477. The van der Waals surface area contributed by atoms with E-state index in [-0.39, 0.29) is 23.7 Å². The number of nitrogens with one attached hydrogen (secondary N) is 1. The van der Waals surface area contributed by atoms with Crippen LogP contribution in [-0.4, -0.2) is 32.6 Å². The normalized spacial score (nSPS) is 11.6. The van der Waals surface area contributed by atoms with Crippen LogP contribution in [0.2, 0.25) is 0 Å². The highest BCUT2D eigenvalue weighted by Gasteiger charge is 2.23. The lowest BCUT2D eigenvalue weighted by molar-refractivity contribution is 0.0661. The number of carbonyl (C=O) groups is 1. The molecule has 1 aromatic rings. The number of sulfonamides is 1. The van der Waals surface area contributed by atoms with E-state index in [4.69, 9.17) is 15.3 Å². The van der Waals surface area contributed by atoms with Crippen LogP contribution in [0.15, 0.2) is 15.4 Å². The van der Waals surface area contributed by atoms with Crippen molar-refractivity contribution in [1.82, 2.24) is 4.72 Å². The number of carboxylic acid groups (broad SMARTS) is 1. The summed E-state index contributed by atoms with van der Waals surface area (Å²) in [7, 11) is -3.75. The quantitative estimate of drug-likeness (QED) is 0.647. The van der Waals surface area contributed by atoms with Crippen LogP contribution in [0.5, 0.6) is 0 Å². The Morgan fingerprint density at radius 1 is 1.62 bits per heavy atom. The van der Waals surface area contributed by atoms with Crippen LogP contribution in [0.25, 0.3) is 0 Å². The summed E-state index contributed by atoms with van der Waals surface area (Å²) in [5, 5.41) is 8.64. The smallest absolute Gasteiger partial charge is 0.371 e. The summed E-state index contributed by atoms with van der Waals surface area (Å²) >= 11 is 0. The van der Waals surface area contributed by atoms with Gasteiger partial charge in [0, 0.05) is 19.2 Å². The first-order chi connectivity index (χ1) is 7.38. The zero-order valence-corrected chi connectivity index (χ0v) is 9.37. The van der Waals surface area contributed by atoms with Crippen LogP contribution in [0.4, 0.5) is 0 Å². The molecular formula is C8H12N2O5S. The van der Waals surface area contributed by atoms with Crippen molar-refractivity contribution >= 4 is 16.0 Å². The minimum Gasteiger partial charge on any atom is -0.475 e. The standard InChI is InChI=1S/C8H12N2O5S/c1-5-7(4-6(15-5)8(11)12)16(13,14)10-3-2-9/h4,10H,2-3,9H2,1H3,(H,11,12). The molecule has 7 nitrogen and oxygen atoms in total. The molecule has 0 aliphatic rings. The van der Waals surface area contributed by atoms with Crippen LogP contribution >= 0.6 is 0 Å². The van der Waals surface area contributed by atoms with Gasteiger partial charge in [-0.05, 0) is 6.92 Å². The van der Waals surface area contributed by atoms with Gasteiger partial charge < -0.3 is 15.3 Å². The lowest BCUT2D eigenvalue weighted by atomic mass is 10.4. The molecule has 0 spiro atoms. The predicted molar refractivity (Wildman–Crippen MR) is 54.6 cm³/mol. The molecule has 0 saturated carbocycles. The Labute approximate surface area is 92.3 Å². The third kappa shape index (κ3) is 2.60. The second kappa shape index (κ2) is 4.64. The van der Waals surface area contributed by atoms with Crippen molar-refractivity contribution in [2.45, 2.75) is 11.8 Å². The molecule has 4 N–H and O–H groups in total. The molecule has 8 heteroatoms. The molecule has 90 valence electrons. The van der Waals surface area contributed by atoms with Gasteiger partial charge >= 0.3 is 5.97 Å². The maximum atomic E-state index is 11.6. The molecule has 0 fully saturated rings. The first-order valence-electron chi connectivity index (χ1n) is 4.42. The van der Waals surface area contributed by atoms with Crippen molar-refractivity contribution in [3.63, 3.8) is 0 Å². The highest BCUT2D eigenvalue weighted by Crippen LogP contribution is 2.19. The highest BCUT2D eigenvalue weighted by atomic mass is 32.2. The van der Waals surface area contributed by atoms with Crippen molar-refractivity contribution in [3.8, 4) is 0 Å². The molecule has 1 heterocycles. The summed E-state index contributed by atoms with van der Waals surface area (Å²) in [6, 6.07) is 0.969. The van der Waals surface area contributed by atoms with Crippen molar-refractivity contribution < 1.29 is 22.7 Å². The van der Waals surface area contributed by atoms with Gasteiger partial charge in [0.2, 0.25) is 15.8 Å². The summed E-state index contributed by atoms with van der Waals surface area (Å²) in [5.74, 6) is -1.70. The third-order valence-corrected chi connectivity index (χ3v) is 3.38. The van der Waals surface area contributed by atoms with Crippen molar-refractivity contribution in [2.75, 3.05) is 13.1 Å². The van der Waals surface area contributed by atoms with E-state index < -0.39 is 21.8 Å². The van der Waals surface area contributed by atoms with Gasteiger partial charge in [-0.3, -0.25) is 0 Å². The van der Waals surface area contributed by atoms with Crippen molar-refractivity contribution in [3.05, 3.63) is 17.6 Å². The zero-order valence-electron chi connectivity index (χ0n) is 8.56. The number of aromatic carboxylic acids is 1. The summed E-state index contributed by atoms with van der Waals surface area (Å²) in [5.41, 5.74) is 5.16. The van der Waals surface area contributed by atoms with Crippen LogP contribution in [0.3, 0.4) is 0 Å². The van der Waals surface area contributed by atoms with E-state index in [0.29, 0.717) is 0 Å². The number of hydrogen-bond donors (Lipinski definition) is 3. The fourth-order valence-corrected chi connectivity index (χ4v) is 2.33. The average molecular weight is 248 g/mol. The minimum absolute atomic E-state index is 0.0296. The molecule has 0 radical (unpaired) electrons. The molecule has 0 aromatic carbocycles. The van der Waals surface area contributed by atoms with E-state index in [2.05, 4.69) is 4.72 Å². The Bertz CT molecular complexity index is 491. The van der Waals surface area contributed by atoms with Gasteiger partial charge in [-0.2, -0.15) is 0 Å². The molecule has 0 aliphatic heterocycles. The number of carboxylic acids is 1. The Morgan fingerprint density at radius 2 is 2.25 bits per heavy atom. The lowest BCUT2D eigenvalue weighted by Gasteiger charge is -2.02. The van der Waals surface area contributed by atoms with Crippen molar-refractivity contribution in [2.24, 2.45) is 5.73 Å². The summed E-state index contributed by atoms with van der Waals surface area (Å²) < 4.78 is 30.3. The fraction of sp³-hybridized carbons (Fsp3) is 0.375. The number of furan rings is 1. The largest absolute Gasteiger partial charge is 0.475 e. The first kappa shape index (κ1) is 12.7. The van der Waals surface area contributed by atoms with Gasteiger partial charge in [-0.15, -0.1) is 0 Å². The Balaban J connectivity index is 3.08. The Kier molecular flexibility index (Phi) is 3.68. The first-order valence-corrected chi connectivity index (χ1v) is 5.90. The van der Waals surface area contributed by atoms with E-state index >= 15 is 0 Å². The van der Waals surface area contributed by atoms with Crippen LogP contribution in [0.1, 0.15) is 16.3 Å². The zero-order chi connectivity index (χ0) is 12.3. The molecule has 16 heavy (non-hydrogen) atoms. The molecule has 0 aliphatic carbocycles. The minimum atomic E-state index is -3.75. The van der Waals surface area contributed by atoms with E-state index in [0.717, 1.165) is 6.07 Å². The van der Waals surface area contributed by atoms with Crippen LogP contribution in [-0.2, 0) is 10.0 Å². The van der Waals surface area contributed by atoms with Gasteiger partial charge in [0.15, 0.2) is 0 Å². The van der Waals surface area contributed by atoms with Gasteiger partial charge in [0.05, 0.1) is 0 Å². The van der Waals surface area contributed by atoms with E-state index in [1.165, 1.54) is 6.92 Å². The maximum absolute atomic E-state index is 11.6. The van der Waals surface area contributed by atoms with Gasteiger partial charge in [-0.1, -0.05) is 0 Å². The van der Waals surface area contributed by atoms with E-state index in [1.54, 1.807) is 0 Å². The lowest BCUT2D eigenvalue weighted by Crippen LogP contribution is -2.29. The van der Waals surface area contributed by atoms with Crippen LogP contribution < -0.4 is 10.5 Å². The van der Waals surface area contributed by atoms with Crippen LogP contribution in [0, 0.1) is 6.92 Å². The van der Waals surface area contributed by atoms with Gasteiger partial charge in [-0.25, -0.2) is 17.9 Å². The molecule has 1 rings (SSSR count).